The highest BCUT2D eigenvalue weighted by Crippen LogP contribution is 2.57. The molecule has 2 unspecified atom stereocenters. The molecule has 5 rings (SSSR count). The number of allylic oxidation sites excluding steroid dienone is 2. The van der Waals surface area contributed by atoms with Crippen molar-refractivity contribution >= 4 is 16.6 Å². The second kappa shape index (κ2) is 4.56. The van der Waals surface area contributed by atoms with E-state index in [9.17, 15) is 4.79 Å². The summed E-state index contributed by atoms with van der Waals surface area (Å²) in [5, 5.41) is 2.64. The van der Waals surface area contributed by atoms with Gasteiger partial charge in [0.1, 0.15) is 5.78 Å². The molecule has 3 aliphatic rings. The number of hydrogen-bond acceptors (Lipinski definition) is 1. The number of carbonyl (C=O) groups is 1. The Labute approximate surface area is 137 Å². The van der Waals surface area contributed by atoms with Crippen LogP contribution in [0.1, 0.15) is 49.3 Å². The van der Waals surface area contributed by atoms with Crippen molar-refractivity contribution in [2.45, 2.75) is 50.9 Å². The standard InChI is InChI=1S/C22H22O/c1-2-14-3-5-16-12-20-17(11-18(16)9-14)6-8-21(23)22(20)13-15-4-7-19(22)10-15/h3-5,9,11-12,19H,2,6-8,10,13H2,1H3. The molecular weight excluding hydrogens is 280 g/mol. The quantitative estimate of drug-likeness (QED) is 0.685. The first-order valence-corrected chi connectivity index (χ1v) is 8.98. The van der Waals surface area contributed by atoms with E-state index in [0.29, 0.717) is 11.7 Å². The lowest BCUT2D eigenvalue weighted by Gasteiger charge is -2.40. The monoisotopic (exact) mass is 302 g/mol. The van der Waals surface area contributed by atoms with E-state index in [0.717, 1.165) is 38.5 Å². The van der Waals surface area contributed by atoms with E-state index < -0.39 is 0 Å². The molecule has 1 heteroatoms. The van der Waals surface area contributed by atoms with Gasteiger partial charge in [-0.3, -0.25) is 4.79 Å². The lowest BCUT2D eigenvalue weighted by molar-refractivity contribution is -0.126. The Kier molecular flexibility index (Phi) is 2.69. The molecule has 0 aliphatic heterocycles. The SMILES string of the molecule is CCc1ccc2cc3c(cc2c1)CCC(=O)C31CC2=CCC1C2. The zero-order valence-corrected chi connectivity index (χ0v) is 13.7. The highest BCUT2D eigenvalue weighted by molar-refractivity contribution is 5.96. The number of carbonyl (C=O) groups excluding carboxylic acids is 1. The van der Waals surface area contributed by atoms with Crippen LogP contribution in [0.15, 0.2) is 42.0 Å². The van der Waals surface area contributed by atoms with Gasteiger partial charge in [0.2, 0.25) is 0 Å². The Hall–Kier alpha value is -1.89. The molecule has 2 aromatic carbocycles. The maximum Gasteiger partial charge on any atom is 0.144 e. The van der Waals surface area contributed by atoms with Crippen molar-refractivity contribution in [2.75, 3.05) is 0 Å². The van der Waals surface area contributed by atoms with Crippen molar-refractivity contribution in [1.82, 2.24) is 0 Å². The molecule has 0 heterocycles. The number of Topliss-reactive ketones (excluding diaryl/α,β-unsaturated/α-hetero) is 1. The number of aryl methyl sites for hydroxylation is 2. The minimum atomic E-state index is -0.185. The van der Waals surface area contributed by atoms with Crippen LogP contribution in [0, 0.1) is 5.92 Å². The van der Waals surface area contributed by atoms with Crippen LogP contribution in [0.4, 0.5) is 0 Å². The second-order valence-electron chi connectivity index (χ2n) is 7.61. The fraction of sp³-hybridized carbons (Fsp3) is 0.409. The minimum Gasteiger partial charge on any atom is -0.299 e. The third kappa shape index (κ3) is 1.71. The first-order valence-electron chi connectivity index (χ1n) is 8.98. The number of benzene rings is 2. The van der Waals surface area contributed by atoms with Crippen molar-refractivity contribution in [1.29, 1.82) is 0 Å². The van der Waals surface area contributed by atoms with Gasteiger partial charge in [-0.25, -0.2) is 0 Å². The maximum atomic E-state index is 13.0. The van der Waals surface area contributed by atoms with Crippen molar-refractivity contribution < 1.29 is 4.79 Å². The molecule has 1 nitrogen and oxygen atoms in total. The molecule has 2 bridgehead atoms. The summed E-state index contributed by atoms with van der Waals surface area (Å²) >= 11 is 0. The van der Waals surface area contributed by atoms with E-state index in [-0.39, 0.29) is 5.41 Å². The molecule has 0 amide bonds. The van der Waals surface area contributed by atoms with Crippen LogP contribution in [0.3, 0.4) is 0 Å². The van der Waals surface area contributed by atoms with Crippen molar-refractivity contribution in [2.24, 2.45) is 5.92 Å². The lowest BCUT2D eigenvalue weighted by atomic mass is 9.61. The van der Waals surface area contributed by atoms with Gasteiger partial charge in [0.05, 0.1) is 5.41 Å². The van der Waals surface area contributed by atoms with Crippen LogP contribution in [0.5, 0.6) is 0 Å². The molecule has 3 aliphatic carbocycles. The van der Waals surface area contributed by atoms with E-state index in [1.54, 1.807) is 0 Å². The van der Waals surface area contributed by atoms with Crippen molar-refractivity contribution in [3.63, 3.8) is 0 Å². The van der Waals surface area contributed by atoms with E-state index in [1.165, 1.54) is 33.0 Å². The van der Waals surface area contributed by atoms with Gasteiger partial charge in [-0.1, -0.05) is 42.8 Å². The first-order chi connectivity index (χ1) is 11.2. The molecule has 0 radical (unpaired) electrons. The normalized spacial score (nSPS) is 28.5. The van der Waals surface area contributed by atoms with Crippen LogP contribution >= 0.6 is 0 Å². The van der Waals surface area contributed by atoms with E-state index in [1.807, 2.05) is 0 Å². The second-order valence-corrected chi connectivity index (χ2v) is 7.61. The Morgan fingerprint density at radius 3 is 2.78 bits per heavy atom. The first kappa shape index (κ1) is 13.5. The smallest absolute Gasteiger partial charge is 0.144 e. The fourth-order valence-corrected chi connectivity index (χ4v) is 5.31. The molecule has 0 aromatic heterocycles. The van der Waals surface area contributed by atoms with E-state index in [2.05, 4.69) is 43.3 Å². The summed E-state index contributed by atoms with van der Waals surface area (Å²) in [7, 11) is 0. The zero-order valence-electron chi connectivity index (χ0n) is 13.7. The highest BCUT2D eigenvalue weighted by atomic mass is 16.1. The molecule has 116 valence electrons. The molecule has 1 spiro atoms. The van der Waals surface area contributed by atoms with Gasteiger partial charge in [-0.05, 0) is 71.6 Å². The Balaban J connectivity index is 1.75. The maximum absolute atomic E-state index is 13.0. The number of ketones is 1. The van der Waals surface area contributed by atoms with Gasteiger partial charge < -0.3 is 0 Å². The van der Waals surface area contributed by atoms with Gasteiger partial charge in [-0.15, -0.1) is 0 Å². The zero-order chi connectivity index (χ0) is 15.6. The van der Waals surface area contributed by atoms with Gasteiger partial charge in [0.25, 0.3) is 0 Å². The third-order valence-corrected chi connectivity index (χ3v) is 6.54. The topological polar surface area (TPSA) is 17.1 Å². The Morgan fingerprint density at radius 1 is 1.13 bits per heavy atom. The van der Waals surface area contributed by atoms with Crippen LogP contribution < -0.4 is 0 Å². The number of hydrogen-bond donors (Lipinski definition) is 0. The summed E-state index contributed by atoms with van der Waals surface area (Å²) in [5.41, 5.74) is 5.52. The summed E-state index contributed by atoms with van der Waals surface area (Å²) in [6, 6.07) is 11.5. The van der Waals surface area contributed by atoms with E-state index >= 15 is 0 Å². The summed E-state index contributed by atoms with van der Waals surface area (Å²) in [6.45, 7) is 2.20. The van der Waals surface area contributed by atoms with E-state index in [4.69, 9.17) is 0 Å². The Morgan fingerprint density at radius 2 is 2.04 bits per heavy atom. The van der Waals surface area contributed by atoms with Gasteiger partial charge in [-0.2, -0.15) is 0 Å². The number of rotatable bonds is 1. The van der Waals surface area contributed by atoms with Crippen LogP contribution in [-0.2, 0) is 23.1 Å². The largest absolute Gasteiger partial charge is 0.299 e. The predicted molar refractivity (Wildman–Crippen MR) is 93.8 cm³/mol. The molecule has 2 atom stereocenters. The predicted octanol–water partition coefficient (Wildman–Crippen LogP) is 4.90. The molecule has 0 N–H and O–H groups in total. The molecular formula is C22H22O. The highest BCUT2D eigenvalue weighted by Gasteiger charge is 2.54. The van der Waals surface area contributed by atoms with Gasteiger partial charge >= 0.3 is 0 Å². The summed E-state index contributed by atoms with van der Waals surface area (Å²) in [5.74, 6) is 1.03. The molecule has 0 saturated heterocycles. The van der Waals surface area contributed by atoms with Crippen molar-refractivity contribution in [3.8, 4) is 0 Å². The minimum absolute atomic E-state index is 0.185. The molecule has 23 heavy (non-hydrogen) atoms. The summed E-state index contributed by atoms with van der Waals surface area (Å²) in [4.78, 5) is 13.0. The summed E-state index contributed by atoms with van der Waals surface area (Å²) in [6.07, 6.45) is 8.36. The fourth-order valence-electron chi connectivity index (χ4n) is 5.31. The molecule has 2 aromatic rings. The lowest BCUT2D eigenvalue weighted by Crippen LogP contribution is -2.43. The molecule has 1 fully saturated rings. The average Bonchev–Trinajstić information content (AvgIpc) is 3.18. The number of fused-ring (bicyclic) bond motifs is 6. The average molecular weight is 302 g/mol. The molecule has 1 saturated carbocycles. The van der Waals surface area contributed by atoms with Gasteiger partial charge in [0.15, 0.2) is 0 Å². The van der Waals surface area contributed by atoms with Crippen LogP contribution in [-0.4, -0.2) is 5.78 Å². The van der Waals surface area contributed by atoms with Crippen LogP contribution in [0.2, 0.25) is 0 Å². The Bertz CT molecular complexity index is 873. The third-order valence-electron chi connectivity index (χ3n) is 6.54. The van der Waals surface area contributed by atoms with Gasteiger partial charge in [0, 0.05) is 6.42 Å². The van der Waals surface area contributed by atoms with Crippen LogP contribution in [0.25, 0.3) is 10.8 Å². The van der Waals surface area contributed by atoms with Crippen molar-refractivity contribution in [3.05, 3.63) is 58.7 Å². The summed E-state index contributed by atoms with van der Waals surface area (Å²) < 4.78 is 0.